The van der Waals surface area contributed by atoms with Crippen molar-refractivity contribution in [3.05, 3.63) is 35.4 Å². The molecule has 2 aliphatic heterocycles. The van der Waals surface area contributed by atoms with Crippen LogP contribution < -0.4 is 10.6 Å². The Labute approximate surface area is 159 Å². The van der Waals surface area contributed by atoms with E-state index in [1.807, 2.05) is 0 Å². The van der Waals surface area contributed by atoms with E-state index in [0.717, 1.165) is 56.9 Å². The van der Waals surface area contributed by atoms with Crippen molar-refractivity contribution in [2.24, 2.45) is 0 Å². The molecular formula is C19H27ClF2N2O2. The Morgan fingerprint density at radius 3 is 2.81 bits per heavy atom. The van der Waals surface area contributed by atoms with Gasteiger partial charge in [-0.05, 0) is 56.3 Å². The van der Waals surface area contributed by atoms with Crippen molar-refractivity contribution in [1.29, 1.82) is 0 Å². The van der Waals surface area contributed by atoms with E-state index >= 15 is 0 Å². The van der Waals surface area contributed by atoms with Gasteiger partial charge in [0, 0.05) is 31.5 Å². The van der Waals surface area contributed by atoms with E-state index < -0.39 is 11.6 Å². The molecule has 2 N–H and O–H groups in total. The number of benzene rings is 1. The fourth-order valence-corrected chi connectivity index (χ4v) is 3.76. The minimum atomic E-state index is -0.842. The van der Waals surface area contributed by atoms with Gasteiger partial charge in [0.15, 0.2) is 11.6 Å². The van der Waals surface area contributed by atoms with Crippen molar-refractivity contribution in [2.75, 3.05) is 19.7 Å². The molecule has 0 spiro atoms. The summed E-state index contributed by atoms with van der Waals surface area (Å²) < 4.78 is 32.4. The molecule has 0 aromatic heterocycles. The van der Waals surface area contributed by atoms with Crippen LogP contribution in [0.5, 0.6) is 0 Å². The monoisotopic (exact) mass is 388 g/mol. The summed E-state index contributed by atoms with van der Waals surface area (Å²) in [5.41, 5.74) is 0.737. The molecule has 1 aromatic rings. The quantitative estimate of drug-likeness (QED) is 0.813. The summed E-state index contributed by atoms with van der Waals surface area (Å²) in [6.07, 6.45) is 5.43. The summed E-state index contributed by atoms with van der Waals surface area (Å²) >= 11 is 0. The molecule has 26 heavy (non-hydrogen) atoms. The molecule has 3 unspecified atom stereocenters. The SMILES string of the molecule is Cl.O=C(CCC1CCCCO1)NC1CNCCC1c1ccc(F)c(F)c1. The highest BCUT2D eigenvalue weighted by atomic mass is 35.5. The lowest BCUT2D eigenvalue weighted by atomic mass is 9.86. The average molecular weight is 389 g/mol. The standard InChI is InChI=1S/C19H26F2N2O2.ClH/c20-16-6-4-13(11-17(16)21)15-8-9-22-12-18(15)23-19(24)7-5-14-3-1-2-10-25-14;/h4,6,11,14-15,18,22H,1-3,5,7-10,12H2,(H,23,24);1H. The first-order valence-electron chi connectivity index (χ1n) is 9.20. The number of nitrogens with one attached hydrogen (secondary N) is 2. The van der Waals surface area contributed by atoms with Crippen molar-refractivity contribution < 1.29 is 18.3 Å². The fourth-order valence-electron chi connectivity index (χ4n) is 3.76. The highest BCUT2D eigenvalue weighted by Crippen LogP contribution is 2.27. The highest BCUT2D eigenvalue weighted by molar-refractivity contribution is 5.85. The van der Waals surface area contributed by atoms with Crippen LogP contribution in [0.25, 0.3) is 0 Å². The third kappa shape index (κ3) is 5.63. The van der Waals surface area contributed by atoms with Gasteiger partial charge in [0.05, 0.1) is 6.10 Å². The minimum absolute atomic E-state index is 0. The van der Waals surface area contributed by atoms with Crippen LogP contribution in [0.4, 0.5) is 8.78 Å². The summed E-state index contributed by atoms with van der Waals surface area (Å²) in [7, 11) is 0. The lowest BCUT2D eigenvalue weighted by Gasteiger charge is -2.33. The number of rotatable bonds is 5. The predicted octanol–water partition coefficient (Wildman–Crippen LogP) is 3.30. The Morgan fingerprint density at radius 1 is 1.23 bits per heavy atom. The van der Waals surface area contributed by atoms with Crippen LogP contribution in [0.15, 0.2) is 18.2 Å². The minimum Gasteiger partial charge on any atom is -0.378 e. The van der Waals surface area contributed by atoms with Gasteiger partial charge in [0.2, 0.25) is 5.91 Å². The van der Waals surface area contributed by atoms with Crippen molar-refractivity contribution in [2.45, 2.75) is 56.6 Å². The first-order valence-corrected chi connectivity index (χ1v) is 9.20. The molecule has 0 bridgehead atoms. The van der Waals surface area contributed by atoms with Crippen molar-refractivity contribution >= 4 is 18.3 Å². The molecule has 3 rings (SSSR count). The van der Waals surface area contributed by atoms with E-state index in [4.69, 9.17) is 4.74 Å². The number of ether oxygens (including phenoxy) is 1. The molecule has 7 heteroatoms. The van der Waals surface area contributed by atoms with Crippen molar-refractivity contribution in [3.8, 4) is 0 Å². The van der Waals surface area contributed by atoms with Crippen molar-refractivity contribution in [3.63, 3.8) is 0 Å². The molecule has 0 saturated carbocycles. The Hall–Kier alpha value is -1.24. The first-order chi connectivity index (χ1) is 12.1. The number of amides is 1. The lowest BCUT2D eigenvalue weighted by Crippen LogP contribution is -2.50. The number of carbonyl (C=O) groups excluding carboxylic acids is 1. The van der Waals surface area contributed by atoms with Crippen LogP contribution >= 0.6 is 12.4 Å². The predicted molar refractivity (Wildman–Crippen MR) is 98.6 cm³/mol. The normalized spacial score (nSPS) is 26.0. The molecule has 4 nitrogen and oxygen atoms in total. The molecule has 2 saturated heterocycles. The maximum Gasteiger partial charge on any atom is 0.220 e. The Balaban J connectivity index is 0.00000243. The molecule has 2 aliphatic rings. The van der Waals surface area contributed by atoms with Gasteiger partial charge in [-0.3, -0.25) is 4.79 Å². The van der Waals surface area contributed by atoms with Crippen LogP contribution in [0.3, 0.4) is 0 Å². The highest BCUT2D eigenvalue weighted by Gasteiger charge is 2.28. The van der Waals surface area contributed by atoms with Crippen LogP contribution in [-0.2, 0) is 9.53 Å². The number of halogens is 3. The maximum absolute atomic E-state index is 13.6. The lowest BCUT2D eigenvalue weighted by molar-refractivity contribution is -0.123. The van der Waals surface area contributed by atoms with Gasteiger partial charge in [-0.2, -0.15) is 0 Å². The molecule has 146 valence electrons. The first kappa shape index (κ1) is 21.1. The number of carbonyl (C=O) groups is 1. The van der Waals surface area contributed by atoms with Gasteiger partial charge in [-0.25, -0.2) is 8.78 Å². The molecule has 1 amide bonds. The molecule has 2 heterocycles. The van der Waals surface area contributed by atoms with Crippen LogP contribution in [0.1, 0.15) is 50.0 Å². The third-order valence-corrected chi connectivity index (χ3v) is 5.17. The largest absolute Gasteiger partial charge is 0.378 e. The summed E-state index contributed by atoms with van der Waals surface area (Å²) in [6, 6.07) is 3.91. The third-order valence-electron chi connectivity index (χ3n) is 5.17. The Kier molecular flexibility index (Phi) is 8.25. The van der Waals surface area contributed by atoms with Gasteiger partial charge in [-0.15, -0.1) is 12.4 Å². The topological polar surface area (TPSA) is 50.4 Å². The molecule has 2 fully saturated rings. The zero-order valence-electron chi connectivity index (χ0n) is 14.8. The molecular weight excluding hydrogens is 362 g/mol. The van der Waals surface area contributed by atoms with Gasteiger partial charge in [0.1, 0.15) is 0 Å². The number of hydrogen-bond acceptors (Lipinski definition) is 3. The second kappa shape index (κ2) is 10.2. The van der Waals surface area contributed by atoms with Gasteiger partial charge >= 0.3 is 0 Å². The molecule has 0 aliphatic carbocycles. The smallest absolute Gasteiger partial charge is 0.220 e. The van der Waals surface area contributed by atoms with E-state index in [9.17, 15) is 13.6 Å². The molecule has 0 radical (unpaired) electrons. The van der Waals surface area contributed by atoms with Crippen LogP contribution in [0, 0.1) is 11.6 Å². The Bertz CT molecular complexity index is 597. The average Bonchev–Trinajstić information content (AvgIpc) is 2.64. The number of piperidine rings is 1. The zero-order valence-corrected chi connectivity index (χ0v) is 15.6. The zero-order chi connectivity index (χ0) is 17.6. The van der Waals surface area contributed by atoms with Gasteiger partial charge < -0.3 is 15.4 Å². The summed E-state index contributed by atoms with van der Waals surface area (Å²) in [5.74, 6) is -1.69. The maximum atomic E-state index is 13.6. The fraction of sp³-hybridized carbons (Fsp3) is 0.632. The summed E-state index contributed by atoms with van der Waals surface area (Å²) in [6.45, 7) is 2.22. The van der Waals surface area contributed by atoms with Crippen LogP contribution in [0.2, 0.25) is 0 Å². The van der Waals surface area contributed by atoms with E-state index in [0.29, 0.717) is 13.0 Å². The Morgan fingerprint density at radius 2 is 2.08 bits per heavy atom. The van der Waals surface area contributed by atoms with E-state index in [1.54, 1.807) is 6.07 Å². The second-order valence-electron chi connectivity index (χ2n) is 6.97. The van der Waals surface area contributed by atoms with E-state index in [1.165, 1.54) is 6.07 Å². The second-order valence-corrected chi connectivity index (χ2v) is 6.97. The molecule has 3 atom stereocenters. The summed E-state index contributed by atoms with van der Waals surface area (Å²) in [4.78, 5) is 12.3. The van der Waals surface area contributed by atoms with Gasteiger partial charge in [0.25, 0.3) is 0 Å². The van der Waals surface area contributed by atoms with Gasteiger partial charge in [-0.1, -0.05) is 6.07 Å². The summed E-state index contributed by atoms with van der Waals surface area (Å²) in [5, 5.41) is 6.33. The van der Waals surface area contributed by atoms with Crippen LogP contribution in [-0.4, -0.2) is 37.7 Å². The molecule has 1 aromatic carbocycles. The van der Waals surface area contributed by atoms with E-state index in [-0.39, 0.29) is 36.4 Å². The number of hydrogen-bond donors (Lipinski definition) is 2. The van der Waals surface area contributed by atoms with Crippen molar-refractivity contribution in [1.82, 2.24) is 10.6 Å². The van der Waals surface area contributed by atoms with E-state index in [2.05, 4.69) is 10.6 Å².